The Morgan fingerprint density at radius 1 is 1.29 bits per heavy atom. The minimum Gasteiger partial charge on any atom is -0.352 e. The smallest absolute Gasteiger partial charge is 0.247 e. The number of benzene rings is 1. The van der Waals surface area contributed by atoms with E-state index in [1.807, 2.05) is 51.2 Å². The van der Waals surface area contributed by atoms with Gasteiger partial charge in [0, 0.05) is 35.1 Å². The molecule has 0 aliphatic heterocycles. The minimum absolute atomic E-state index is 0.0309. The van der Waals surface area contributed by atoms with Gasteiger partial charge in [0.2, 0.25) is 5.91 Å². The Labute approximate surface area is 148 Å². The molecule has 0 aliphatic rings. The third-order valence-electron chi connectivity index (χ3n) is 4.19. The van der Waals surface area contributed by atoms with Crippen molar-refractivity contribution < 1.29 is 4.79 Å². The highest BCUT2D eigenvalue weighted by atomic mass is 35.5. The molecule has 0 saturated carbocycles. The van der Waals surface area contributed by atoms with Gasteiger partial charge in [0.25, 0.3) is 0 Å². The summed E-state index contributed by atoms with van der Waals surface area (Å²) in [5.74, 6) is -0.0309. The van der Waals surface area contributed by atoms with Gasteiger partial charge in [0.15, 0.2) is 0 Å². The fraction of sp³-hybridized carbons (Fsp3) is 0.300. The van der Waals surface area contributed by atoms with Crippen molar-refractivity contribution in [3.8, 4) is 11.1 Å². The topological polar surface area (TPSA) is 42.0 Å². The van der Waals surface area contributed by atoms with Crippen molar-refractivity contribution in [2.75, 3.05) is 6.54 Å². The van der Waals surface area contributed by atoms with Gasteiger partial charge in [-0.1, -0.05) is 24.6 Å². The fourth-order valence-electron chi connectivity index (χ4n) is 2.63. The number of halogens is 1. The highest BCUT2D eigenvalue weighted by Gasteiger charge is 2.14. The summed E-state index contributed by atoms with van der Waals surface area (Å²) in [7, 11) is 0. The van der Waals surface area contributed by atoms with Crippen molar-refractivity contribution in [3.63, 3.8) is 0 Å². The van der Waals surface area contributed by atoms with Gasteiger partial charge in [-0.25, -0.2) is 0 Å². The van der Waals surface area contributed by atoms with Crippen LogP contribution in [0.5, 0.6) is 0 Å². The molecule has 0 bridgehead atoms. The van der Waals surface area contributed by atoms with E-state index in [9.17, 15) is 4.79 Å². The average Bonchev–Trinajstić information content (AvgIpc) is 2.60. The van der Waals surface area contributed by atoms with E-state index in [2.05, 4.69) is 17.2 Å². The molecular weight excluding hydrogens is 320 g/mol. The van der Waals surface area contributed by atoms with Crippen LogP contribution < -0.4 is 5.32 Å². The maximum Gasteiger partial charge on any atom is 0.247 e. The highest BCUT2D eigenvalue weighted by Crippen LogP contribution is 2.33. The third-order valence-corrected chi connectivity index (χ3v) is 4.41. The van der Waals surface area contributed by atoms with Crippen molar-refractivity contribution in [2.45, 2.75) is 34.1 Å². The van der Waals surface area contributed by atoms with Crippen molar-refractivity contribution >= 4 is 23.1 Å². The number of aromatic nitrogens is 1. The molecule has 2 aromatic rings. The Kier molecular flexibility index (Phi) is 6.16. The van der Waals surface area contributed by atoms with Crippen molar-refractivity contribution in [3.05, 3.63) is 58.4 Å². The van der Waals surface area contributed by atoms with Gasteiger partial charge in [0.1, 0.15) is 0 Å². The summed E-state index contributed by atoms with van der Waals surface area (Å²) in [6.45, 7) is 8.58. The van der Waals surface area contributed by atoms with Crippen LogP contribution in [-0.2, 0) is 4.79 Å². The second-order valence-electron chi connectivity index (χ2n) is 5.87. The maximum atomic E-state index is 12.3. The maximum absolute atomic E-state index is 12.3. The predicted octanol–water partition coefficient (Wildman–Crippen LogP) is 5.03. The molecule has 0 atom stereocenters. The highest BCUT2D eigenvalue weighted by molar-refractivity contribution is 6.31. The Morgan fingerprint density at radius 3 is 2.67 bits per heavy atom. The van der Waals surface area contributed by atoms with Gasteiger partial charge in [-0.2, -0.15) is 0 Å². The SMILES string of the molecule is CCCNC(=O)/C(C)=C(\C)c1cc(Cl)cc(-c2cccnc2)c1C. The summed E-state index contributed by atoms with van der Waals surface area (Å²) in [5.41, 5.74) is 5.78. The van der Waals surface area contributed by atoms with E-state index in [-0.39, 0.29) is 5.91 Å². The first kappa shape index (κ1) is 18.2. The molecule has 0 spiro atoms. The molecule has 1 N–H and O–H groups in total. The molecule has 0 aliphatic carbocycles. The van der Waals surface area contributed by atoms with Crippen molar-refractivity contribution in [2.24, 2.45) is 0 Å². The van der Waals surface area contributed by atoms with E-state index < -0.39 is 0 Å². The lowest BCUT2D eigenvalue weighted by atomic mass is 9.92. The van der Waals surface area contributed by atoms with E-state index in [4.69, 9.17) is 11.6 Å². The Hall–Kier alpha value is -2.13. The Balaban J connectivity index is 2.51. The fourth-order valence-corrected chi connectivity index (χ4v) is 2.85. The van der Waals surface area contributed by atoms with E-state index in [1.165, 1.54) is 0 Å². The number of hydrogen-bond acceptors (Lipinski definition) is 2. The molecule has 0 fully saturated rings. The van der Waals surface area contributed by atoms with E-state index in [1.54, 1.807) is 6.20 Å². The first-order valence-electron chi connectivity index (χ1n) is 8.12. The quantitative estimate of drug-likeness (QED) is 0.774. The van der Waals surface area contributed by atoms with E-state index >= 15 is 0 Å². The molecule has 126 valence electrons. The zero-order valence-electron chi connectivity index (χ0n) is 14.6. The lowest BCUT2D eigenvalue weighted by Gasteiger charge is -2.15. The predicted molar refractivity (Wildman–Crippen MR) is 101 cm³/mol. The first-order valence-corrected chi connectivity index (χ1v) is 8.50. The van der Waals surface area contributed by atoms with Crippen LogP contribution in [0.25, 0.3) is 16.7 Å². The van der Waals surface area contributed by atoms with Gasteiger partial charge >= 0.3 is 0 Å². The molecule has 3 nitrogen and oxygen atoms in total. The molecule has 24 heavy (non-hydrogen) atoms. The summed E-state index contributed by atoms with van der Waals surface area (Å²) in [6.07, 6.45) is 4.49. The van der Waals surface area contributed by atoms with Crippen LogP contribution in [0.15, 0.2) is 42.2 Å². The van der Waals surface area contributed by atoms with Gasteiger partial charge in [-0.15, -0.1) is 0 Å². The van der Waals surface area contributed by atoms with Crippen LogP contribution in [0.2, 0.25) is 5.02 Å². The number of amides is 1. The number of carbonyl (C=O) groups is 1. The summed E-state index contributed by atoms with van der Waals surface area (Å²) in [5, 5.41) is 3.57. The second-order valence-corrected chi connectivity index (χ2v) is 6.31. The molecule has 1 amide bonds. The molecule has 1 heterocycles. The molecule has 1 aromatic carbocycles. The van der Waals surface area contributed by atoms with Crippen molar-refractivity contribution in [1.29, 1.82) is 0 Å². The minimum atomic E-state index is -0.0309. The van der Waals surface area contributed by atoms with Crippen molar-refractivity contribution in [1.82, 2.24) is 10.3 Å². The summed E-state index contributed by atoms with van der Waals surface area (Å²) in [4.78, 5) is 16.4. The Morgan fingerprint density at radius 2 is 2.04 bits per heavy atom. The zero-order valence-corrected chi connectivity index (χ0v) is 15.4. The van der Waals surface area contributed by atoms with Crippen LogP contribution in [0, 0.1) is 6.92 Å². The van der Waals surface area contributed by atoms with Gasteiger partial charge in [-0.05, 0) is 67.7 Å². The number of carbonyl (C=O) groups excluding carboxylic acids is 1. The lowest BCUT2D eigenvalue weighted by Crippen LogP contribution is -2.25. The molecule has 2 rings (SSSR count). The number of allylic oxidation sites excluding steroid dienone is 1. The third kappa shape index (κ3) is 4.04. The standard InChI is InChI=1S/C20H23ClN2O/c1-5-8-23-20(24)14(3)13(2)18-10-17(21)11-19(15(18)4)16-7-6-9-22-12-16/h6-7,9-12H,5,8H2,1-4H3,(H,23,24)/b14-13+. The summed E-state index contributed by atoms with van der Waals surface area (Å²) >= 11 is 6.34. The largest absolute Gasteiger partial charge is 0.352 e. The molecule has 0 radical (unpaired) electrons. The van der Waals surface area contributed by atoms with E-state index in [0.717, 1.165) is 34.2 Å². The van der Waals surface area contributed by atoms with Crippen LogP contribution in [0.4, 0.5) is 0 Å². The van der Waals surface area contributed by atoms with Gasteiger partial charge in [0.05, 0.1) is 0 Å². The number of nitrogens with zero attached hydrogens (tertiary/aromatic N) is 1. The lowest BCUT2D eigenvalue weighted by molar-refractivity contribution is -0.117. The number of rotatable bonds is 5. The molecule has 0 saturated heterocycles. The first-order chi connectivity index (χ1) is 11.5. The van der Waals surface area contributed by atoms with Gasteiger partial charge < -0.3 is 5.32 Å². The number of hydrogen-bond donors (Lipinski definition) is 1. The van der Waals surface area contributed by atoms with Gasteiger partial charge in [-0.3, -0.25) is 9.78 Å². The second kappa shape index (κ2) is 8.11. The molecule has 1 aromatic heterocycles. The van der Waals surface area contributed by atoms with Crippen LogP contribution in [0.3, 0.4) is 0 Å². The molecule has 0 unspecified atom stereocenters. The summed E-state index contributed by atoms with van der Waals surface area (Å²) < 4.78 is 0. The van der Waals surface area contributed by atoms with E-state index in [0.29, 0.717) is 17.1 Å². The Bertz CT molecular complexity index is 767. The molecular formula is C20H23ClN2O. The van der Waals surface area contributed by atoms with Crippen LogP contribution >= 0.6 is 11.6 Å². The zero-order chi connectivity index (χ0) is 17.7. The monoisotopic (exact) mass is 342 g/mol. The van der Waals surface area contributed by atoms with Crippen LogP contribution in [-0.4, -0.2) is 17.4 Å². The number of pyridine rings is 1. The number of nitrogens with one attached hydrogen (secondary N) is 1. The molecule has 4 heteroatoms. The summed E-state index contributed by atoms with van der Waals surface area (Å²) in [6, 6.07) is 7.77. The normalized spacial score (nSPS) is 11.9. The average molecular weight is 343 g/mol. The van der Waals surface area contributed by atoms with Crippen LogP contribution in [0.1, 0.15) is 38.3 Å².